The van der Waals surface area contributed by atoms with Crippen molar-refractivity contribution < 1.29 is 4.79 Å². The number of amides is 1. The Morgan fingerprint density at radius 3 is 2.94 bits per heavy atom. The number of carbonyl (C=O) groups excluding carboxylic acids is 1. The molecule has 0 aromatic carbocycles. The summed E-state index contributed by atoms with van der Waals surface area (Å²) in [4.78, 5) is 16.9. The lowest BCUT2D eigenvalue weighted by Gasteiger charge is -2.05. The Kier molecular flexibility index (Phi) is 4.33. The summed E-state index contributed by atoms with van der Waals surface area (Å²) in [5.74, 6) is -0.184. The molecule has 94 valence electrons. The highest BCUT2D eigenvalue weighted by Crippen LogP contribution is 2.22. The van der Waals surface area contributed by atoms with E-state index in [0.29, 0.717) is 17.8 Å². The highest BCUT2D eigenvalue weighted by Gasteiger charge is 2.08. The van der Waals surface area contributed by atoms with Crippen LogP contribution in [0, 0.1) is 0 Å². The Morgan fingerprint density at radius 2 is 2.28 bits per heavy atom. The van der Waals surface area contributed by atoms with Crippen LogP contribution in [0.4, 0.5) is 5.69 Å². The number of anilines is 1. The molecule has 0 atom stereocenters. The molecule has 0 saturated carbocycles. The summed E-state index contributed by atoms with van der Waals surface area (Å²) in [5.41, 5.74) is 6.57. The molecule has 4 nitrogen and oxygen atoms in total. The summed E-state index contributed by atoms with van der Waals surface area (Å²) < 4.78 is 1.10. The van der Waals surface area contributed by atoms with Gasteiger partial charge in [0.15, 0.2) is 0 Å². The second-order valence-electron chi connectivity index (χ2n) is 3.67. The number of hydrogen-bond donors (Lipinski definition) is 2. The van der Waals surface area contributed by atoms with E-state index in [4.69, 9.17) is 5.73 Å². The molecule has 0 saturated heterocycles. The molecule has 2 heterocycles. The van der Waals surface area contributed by atoms with Gasteiger partial charge in [0, 0.05) is 29.5 Å². The van der Waals surface area contributed by atoms with E-state index >= 15 is 0 Å². The van der Waals surface area contributed by atoms with Gasteiger partial charge in [-0.25, -0.2) is 0 Å². The Morgan fingerprint density at radius 1 is 1.44 bits per heavy atom. The van der Waals surface area contributed by atoms with Gasteiger partial charge in [-0.05, 0) is 40.5 Å². The number of hydrogen-bond acceptors (Lipinski definition) is 4. The molecule has 0 aliphatic carbocycles. The number of nitrogens with two attached hydrogens (primary N) is 1. The van der Waals surface area contributed by atoms with Crippen molar-refractivity contribution in [3.05, 3.63) is 44.8 Å². The minimum absolute atomic E-state index is 0.184. The van der Waals surface area contributed by atoms with E-state index in [9.17, 15) is 4.79 Å². The van der Waals surface area contributed by atoms with Crippen LogP contribution < -0.4 is 11.1 Å². The number of rotatable bonds is 4. The summed E-state index contributed by atoms with van der Waals surface area (Å²) in [7, 11) is 0. The molecule has 0 radical (unpaired) electrons. The first-order valence-electron chi connectivity index (χ1n) is 5.38. The molecule has 3 N–H and O–H groups in total. The lowest BCUT2D eigenvalue weighted by molar-refractivity contribution is 0.0955. The highest BCUT2D eigenvalue weighted by atomic mass is 79.9. The Bertz CT molecular complexity index is 556. The van der Waals surface area contributed by atoms with E-state index in [1.54, 1.807) is 23.6 Å². The Hall–Kier alpha value is -1.40. The minimum Gasteiger partial charge on any atom is -0.398 e. The number of halogens is 1. The first kappa shape index (κ1) is 13.0. The maximum absolute atomic E-state index is 11.8. The lowest BCUT2D eigenvalue weighted by atomic mass is 10.2. The molecule has 0 aliphatic rings. The molecule has 0 aliphatic heterocycles. The summed E-state index contributed by atoms with van der Waals surface area (Å²) in [6.07, 6.45) is 3.85. The quantitative estimate of drug-likeness (QED) is 0.907. The maximum Gasteiger partial charge on any atom is 0.254 e. The first-order chi connectivity index (χ1) is 8.66. The van der Waals surface area contributed by atoms with Crippen LogP contribution in [0.3, 0.4) is 0 Å². The molecular formula is C12H12BrN3OS. The average molecular weight is 326 g/mol. The molecule has 2 aromatic rings. The Balaban J connectivity index is 1.87. The summed E-state index contributed by atoms with van der Waals surface area (Å²) in [5, 5.41) is 2.83. The van der Waals surface area contributed by atoms with Gasteiger partial charge in [-0.3, -0.25) is 9.78 Å². The van der Waals surface area contributed by atoms with Crippen molar-refractivity contribution in [2.75, 3.05) is 12.3 Å². The second kappa shape index (κ2) is 5.97. The number of nitrogens with zero attached hydrogens (tertiary/aromatic N) is 1. The molecule has 6 heteroatoms. The molecule has 0 fully saturated rings. The molecule has 2 rings (SSSR count). The van der Waals surface area contributed by atoms with Crippen LogP contribution in [0.25, 0.3) is 0 Å². The lowest BCUT2D eigenvalue weighted by Crippen LogP contribution is -2.26. The monoisotopic (exact) mass is 325 g/mol. The smallest absolute Gasteiger partial charge is 0.254 e. The van der Waals surface area contributed by atoms with Gasteiger partial charge in [0.25, 0.3) is 5.91 Å². The van der Waals surface area contributed by atoms with Gasteiger partial charge >= 0.3 is 0 Å². The fourth-order valence-corrected chi connectivity index (χ4v) is 2.96. The van der Waals surface area contributed by atoms with E-state index in [2.05, 4.69) is 26.2 Å². The predicted octanol–water partition coefficient (Wildman–Crippen LogP) is 2.46. The highest BCUT2D eigenvalue weighted by molar-refractivity contribution is 9.11. The normalized spacial score (nSPS) is 10.3. The molecule has 18 heavy (non-hydrogen) atoms. The van der Waals surface area contributed by atoms with E-state index in [1.165, 1.54) is 11.1 Å². The van der Waals surface area contributed by atoms with Crippen LogP contribution in [0.15, 0.2) is 34.4 Å². The SMILES string of the molecule is Nc1ccncc1C(=O)NCCc1ccc(Br)s1. The number of pyridine rings is 1. The average Bonchev–Trinajstić information content (AvgIpc) is 2.75. The third-order valence-corrected chi connectivity index (χ3v) is 4.07. The van der Waals surface area contributed by atoms with Crippen LogP contribution in [0.1, 0.15) is 15.2 Å². The van der Waals surface area contributed by atoms with Crippen molar-refractivity contribution in [2.45, 2.75) is 6.42 Å². The van der Waals surface area contributed by atoms with Crippen molar-refractivity contribution in [2.24, 2.45) is 0 Å². The van der Waals surface area contributed by atoms with Gasteiger partial charge in [-0.2, -0.15) is 0 Å². The largest absolute Gasteiger partial charge is 0.398 e. The summed E-state index contributed by atoms with van der Waals surface area (Å²) in [6.45, 7) is 0.583. The van der Waals surface area contributed by atoms with Crippen molar-refractivity contribution >= 4 is 38.9 Å². The molecule has 0 unspecified atom stereocenters. The summed E-state index contributed by atoms with van der Waals surface area (Å²) >= 11 is 5.07. The zero-order valence-corrected chi connectivity index (χ0v) is 11.9. The van der Waals surface area contributed by atoms with Crippen LogP contribution in [0.2, 0.25) is 0 Å². The topological polar surface area (TPSA) is 68.0 Å². The zero-order chi connectivity index (χ0) is 13.0. The van der Waals surface area contributed by atoms with E-state index in [1.807, 2.05) is 12.1 Å². The zero-order valence-electron chi connectivity index (χ0n) is 9.52. The molecule has 0 spiro atoms. The fraction of sp³-hybridized carbons (Fsp3) is 0.167. The number of thiophene rings is 1. The molecule has 0 bridgehead atoms. The number of aromatic nitrogens is 1. The van der Waals surface area contributed by atoms with Crippen molar-refractivity contribution in [1.82, 2.24) is 10.3 Å². The summed E-state index contributed by atoms with van der Waals surface area (Å²) in [6, 6.07) is 5.66. The van der Waals surface area contributed by atoms with Crippen molar-refractivity contribution in [1.29, 1.82) is 0 Å². The molecule has 1 amide bonds. The standard InChI is InChI=1S/C12H12BrN3OS/c13-11-2-1-8(18-11)3-6-16-12(17)9-7-15-5-4-10(9)14/h1-2,4-5,7H,3,6H2,(H2,14,15)(H,16,17). The number of nitrogen functional groups attached to an aromatic ring is 1. The minimum atomic E-state index is -0.184. The molecular weight excluding hydrogens is 314 g/mol. The second-order valence-corrected chi connectivity index (χ2v) is 6.22. The Labute approximate surface area is 117 Å². The van der Waals surface area contributed by atoms with Gasteiger partial charge in [0.05, 0.1) is 9.35 Å². The van der Waals surface area contributed by atoms with Crippen molar-refractivity contribution in [3.8, 4) is 0 Å². The number of nitrogens with one attached hydrogen (secondary N) is 1. The van der Waals surface area contributed by atoms with Crippen LogP contribution >= 0.6 is 27.3 Å². The third kappa shape index (κ3) is 3.30. The van der Waals surface area contributed by atoms with Crippen LogP contribution in [-0.2, 0) is 6.42 Å². The number of carbonyl (C=O) groups is 1. The van der Waals surface area contributed by atoms with Gasteiger partial charge in [-0.1, -0.05) is 0 Å². The fourth-order valence-electron chi connectivity index (χ4n) is 1.48. The van der Waals surface area contributed by atoms with Gasteiger partial charge < -0.3 is 11.1 Å². The van der Waals surface area contributed by atoms with E-state index < -0.39 is 0 Å². The first-order valence-corrected chi connectivity index (χ1v) is 6.99. The van der Waals surface area contributed by atoms with Crippen molar-refractivity contribution in [3.63, 3.8) is 0 Å². The van der Waals surface area contributed by atoms with E-state index in [0.717, 1.165) is 10.2 Å². The van der Waals surface area contributed by atoms with Gasteiger partial charge in [-0.15, -0.1) is 11.3 Å². The molecule has 2 aromatic heterocycles. The van der Waals surface area contributed by atoms with Gasteiger partial charge in [0.2, 0.25) is 0 Å². The van der Waals surface area contributed by atoms with E-state index in [-0.39, 0.29) is 5.91 Å². The van der Waals surface area contributed by atoms with Crippen LogP contribution in [-0.4, -0.2) is 17.4 Å². The maximum atomic E-state index is 11.8. The third-order valence-electron chi connectivity index (χ3n) is 2.39. The van der Waals surface area contributed by atoms with Crippen LogP contribution in [0.5, 0.6) is 0 Å². The van der Waals surface area contributed by atoms with Gasteiger partial charge in [0.1, 0.15) is 0 Å². The predicted molar refractivity (Wildman–Crippen MR) is 76.7 cm³/mol.